The number of nitrogens with zero attached hydrogens (tertiary/aromatic N) is 5. The van der Waals surface area contributed by atoms with Crippen LogP contribution in [-0.2, 0) is 29.2 Å². The molecule has 2 amide bonds. The molecule has 1 unspecified atom stereocenters. The summed E-state index contributed by atoms with van der Waals surface area (Å²) in [5.41, 5.74) is 3.90. The normalized spacial score (nSPS) is 21.6. The van der Waals surface area contributed by atoms with E-state index in [1.807, 2.05) is 44.3 Å². The van der Waals surface area contributed by atoms with Crippen LogP contribution in [0.4, 0.5) is 0 Å². The molecule has 6 rings (SSSR count). The number of hydrogen-bond donors (Lipinski definition) is 1. The monoisotopic (exact) mass is 605 g/mol. The average molecular weight is 606 g/mol. The molecule has 11 heteroatoms. The number of fused-ring (bicyclic) bond motifs is 2. The van der Waals surface area contributed by atoms with Gasteiger partial charge in [0, 0.05) is 41.8 Å². The number of amides is 2. The number of carbonyl (C=O) groups excluding carboxylic acids is 2. The molecule has 1 aromatic heterocycles. The molecule has 3 aromatic rings. The molecule has 3 atom stereocenters. The summed E-state index contributed by atoms with van der Waals surface area (Å²) in [6, 6.07) is 10.7. The summed E-state index contributed by atoms with van der Waals surface area (Å²) in [5.74, 6) is -1.98. The van der Waals surface area contributed by atoms with Gasteiger partial charge in [0.05, 0.1) is 24.1 Å². The maximum absolute atomic E-state index is 14.3. The fraction of sp³-hybridized carbons (Fsp3) is 0.469. The van der Waals surface area contributed by atoms with E-state index in [0.29, 0.717) is 54.4 Å². The molecule has 2 aliphatic heterocycles. The Morgan fingerprint density at radius 2 is 1.88 bits per heavy atom. The molecule has 43 heavy (non-hydrogen) atoms. The second-order valence-corrected chi connectivity index (χ2v) is 12.4. The fourth-order valence-corrected chi connectivity index (χ4v) is 7.01. The maximum atomic E-state index is 14.3. The summed E-state index contributed by atoms with van der Waals surface area (Å²) >= 11 is 6.75. The van der Waals surface area contributed by atoms with Gasteiger partial charge >= 0.3 is 5.97 Å². The SMILES string of the molecule is CC(C)n1cc(COc2ccc(Cl)c3c2[C@@H](CN2Cc4ccccc4C2=O)N(C(=O)C2CCCC[C@H]2C(=O)O)CC3)nn1. The molecule has 0 saturated heterocycles. The Bertz CT molecular complexity index is 1550. The van der Waals surface area contributed by atoms with Crippen molar-refractivity contribution < 1.29 is 24.2 Å². The van der Waals surface area contributed by atoms with Crippen LogP contribution in [0.25, 0.3) is 0 Å². The van der Waals surface area contributed by atoms with Crippen molar-refractivity contribution in [2.24, 2.45) is 11.8 Å². The number of hydrogen-bond acceptors (Lipinski definition) is 6. The minimum absolute atomic E-state index is 0.0917. The quantitative estimate of drug-likeness (QED) is 0.381. The van der Waals surface area contributed by atoms with Gasteiger partial charge in [0.25, 0.3) is 5.91 Å². The van der Waals surface area contributed by atoms with Gasteiger partial charge in [-0.25, -0.2) is 4.68 Å². The van der Waals surface area contributed by atoms with Crippen molar-refractivity contribution in [3.05, 3.63) is 75.6 Å². The van der Waals surface area contributed by atoms with Crippen molar-refractivity contribution in [1.29, 1.82) is 0 Å². The van der Waals surface area contributed by atoms with E-state index in [9.17, 15) is 19.5 Å². The van der Waals surface area contributed by atoms with E-state index >= 15 is 0 Å². The third-order valence-corrected chi connectivity index (χ3v) is 9.36. The minimum Gasteiger partial charge on any atom is -0.487 e. The molecule has 10 nitrogen and oxygen atoms in total. The first-order valence-electron chi connectivity index (χ1n) is 15.0. The Labute approximate surface area is 255 Å². The number of halogens is 1. The first-order chi connectivity index (χ1) is 20.7. The second kappa shape index (κ2) is 12.0. The van der Waals surface area contributed by atoms with Gasteiger partial charge < -0.3 is 19.6 Å². The molecule has 1 N–H and O–H groups in total. The topological polar surface area (TPSA) is 118 Å². The zero-order valence-corrected chi connectivity index (χ0v) is 25.2. The number of carbonyl (C=O) groups is 3. The van der Waals surface area contributed by atoms with Gasteiger partial charge in [-0.05, 0) is 62.4 Å². The number of aromatic nitrogens is 3. The van der Waals surface area contributed by atoms with Crippen LogP contribution in [0.15, 0.2) is 42.6 Å². The van der Waals surface area contributed by atoms with Crippen LogP contribution in [0.1, 0.15) is 84.4 Å². The summed E-state index contributed by atoms with van der Waals surface area (Å²) in [6.45, 7) is 5.24. The predicted octanol–water partition coefficient (Wildman–Crippen LogP) is 5.06. The van der Waals surface area contributed by atoms with E-state index < -0.39 is 23.8 Å². The molecule has 3 aliphatic rings. The zero-order chi connectivity index (χ0) is 30.2. The Morgan fingerprint density at radius 1 is 1.12 bits per heavy atom. The number of carboxylic acids is 1. The average Bonchev–Trinajstić information content (AvgIpc) is 3.61. The van der Waals surface area contributed by atoms with Gasteiger partial charge in [-0.3, -0.25) is 14.4 Å². The van der Waals surface area contributed by atoms with Crippen LogP contribution in [0.5, 0.6) is 5.75 Å². The summed E-state index contributed by atoms with van der Waals surface area (Å²) < 4.78 is 8.11. The van der Waals surface area contributed by atoms with Gasteiger partial charge in [0.2, 0.25) is 5.91 Å². The van der Waals surface area contributed by atoms with Crippen molar-refractivity contribution in [3.8, 4) is 5.75 Å². The van der Waals surface area contributed by atoms with Crippen LogP contribution < -0.4 is 4.74 Å². The maximum Gasteiger partial charge on any atom is 0.307 e. The van der Waals surface area contributed by atoms with Crippen molar-refractivity contribution in [2.45, 2.75) is 71.2 Å². The third kappa shape index (κ3) is 5.60. The van der Waals surface area contributed by atoms with E-state index in [0.717, 1.165) is 29.5 Å². The van der Waals surface area contributed by atoms with Gasteiger partial charge in [0.15, 0.2) is 0 Å². The van der Waals surface area contributed by atoms with Crippen LogP contribution in [0, 0.1) is 11.8 Å². The number of aliphatic carboxylic acids is 1. The highest BCUT2D eigenvalue weighted by Crippen LogP contribution is 2.43. The number of ether oxygens (including phenoxy) is 1. The Kier molecular flexibility index (Phi) is 8.13. The van der Waals surface area contributed by atoms with E-state index in [1.165, 1.54) is 0 Å². The number of benzene rings is 2. The lowest BCUT2D eigenvalue weighted by molar-refractivity contribution is -0.153. The van der Waals surface area contributed by atoms with Gasteiger partial charge in [0.1, 0.15) is 18.1 Å². The van der Waals surface area contributed by atoms with Crippen molar-refractivity contribution in [2.75, 3.05) is 13.1 Å². The van der Waals surface area contributed by atoms with Crippen LogP contribution in [0.2, 0.25) is 5.02 Å². The molecule has 226 valence electrons. The lowest BCUT2D eigenvalue weighted by atomic mass is 9.77. The summed E-state index contributed by atoms with van der Waals surface area (Å²) in [5, 5.41) is 18.9. The van der Waals surface area contributed by atoms with Crippen molar-refractivity contribution in [3.63, 3.8) is 0 Å². The Morgan fingerprint density at radius 3 is 2.60 bits per heavy atom. The smallest absolute Gasteiger partial charge is 0.307 e. The molecular weight excluding hydrogens is 570 g/mol. The van der Waals surface area contributed by atoms with Crippen LogP contribution >= 0.6 is 11.6 Å². The van der Waals surface area contributed by atoms with Crippen molar-refractivity contribution in [1.82, 2.24) is 24.8 Å². The van der Waals surface area contributed by atoms with Gasteiger partial charge in [-0.15, -0.1) is 5.10 Å². The first-order valence-corrected chi connectivity index (χ1v) is 15.4. The van der Waals surface area contributed by atoms with Crippen molar-refractivity contribution >= 4 is 29.4 Å². The van der Waals surface area contributed by atoms with E-state index in [2.05, 4.69) is 10.3 Å². The lowest BCUT2D eigenvalue weighted by Gasteiger charge is -2.43. The molecule has 1 fully saturated rings. The molecular formula is C32H36ClN5O5. The van der Waals surface area contributed by atoms with E-state index in [-0.39, 0.29) is 31.0 Å². The van der Waals surface area contributed by atoms with Gasteiger partial charge in [-0.1, -0.05) is 47.9 Å². The molecule has 1 aliphatic carbocycles. The minimum atomic E-state index is -0.932. The summed E-state index contributed by atoms with van der Waals surface area (Å²) in [7, 11) is 0. The molecule has 0 spiro atoms. The highest BCUT2D eigenvalue weighted by atomic mass is 35.5. The Hall–Kier alpha value is -3.92. The fourth-order valence-electron chi connectivity index (χ4n) is 6.75. The third-order valence-electron chi connectivity index (χ3n) is 9.01. The predicted molar refractivity (Wildman–Crippen MR) is 159 cm³/mol. The summed E-state index contributed by atoms with van der Waals surface area (Å²) in [6.07, 6.45) is 4.96. The number of carboxylic acid groups (broad SMARTS) is 1. The largest absolute Gasteiger partial charge is 0.487 e. The van der Waals surface area contributed by atoms with Crippen LogP contribution in [-0.4, -0.2) is 60.8 Å². The molecule has 1 saturated carbocycles. The molecule has 0 radical (unpaired) electrons. The lowest BCUT2D eigenvalue weighted by Crippen LogP contribution is -2.50. The number of rotatable bonds is 8. The summed E-state index contributed by atoms with van der Waals surface area (Å²) in [4.78, 5) is 43.5. The highest BCUT2D eigenvalue weighted by Gasteiger charge is 2.44. The Balaban J connectivity index is 1.37. The van der Waals surface area contributed by atoms with Gasteiger partial charge in [-0.2, -0.15) is 0 Å². The van der Waals surface area contributed by atoms with E-state index in [1.54, 1.807) is 26.6 Å². The zero-order valence-electron chi connectivity index (χ0n) is 24.4. The highest BCUT2D eigenvalue weighted by molar-refractivity contribution is 6.31. The van der Waals surface area contributed by atoms with E-state index in [4.69, 9.17) is 16.3 Å². The first kappa shape index (κ1) is 29.2. The molecule has 3 heterocycles. The van der Waals surface area contributed by atoms with Crippen LogP contribution in [0.3, 0.4) is 0 Å². The second-order valence-electron chi connectivity index (χ2n) is 12.0. The molecule has 2 aromatic carbocycles. The molecule has 0 bridgehead atoms. The standard InChI is InChI=1S/C32H36ClN5O5/c1-19(2)38-16-21(34-35-38)18-43-28-12-11-26(33)25-13-14-37(31(40)23-9-5-6-10-24(23)32(41)42)27(29(25)28)17-36-15-20-7-3-4-8-22(20)30(36)39/h3-4,7-8,11-12,16,19,23-24,27H,5-6,9-10,13-15,17-18H2,1-2H3,(H,41,42)/t23?,24-,27-/m1/s1.